The highest BCUT2D eigenvalue weighted by atomic mass is 16.3. The lowest BCUT2D eigenvalue weighted by Crippen LogP contribution is -2.51. The third-order valence-corrected chi connectivity index (χ3v) is 3.87. The van der Waals surface area contributed by atoms with Crippen LogP contribution in [0.25, 0.3) is 0 Å². The quantitative estimate of drug-likeness (QED) is 0.857. The maximum Gasteiger partial charge on any atom is 0.254 e. The van der Waals surface area contributed by atoms with E-state index in [1.807, 2.05) is 18.7 Å². The molecule has 1 heterocycles. The molecule has 0 spiro atoms. The molecule has 2 unspecified atom stereocenters. The van der Waals surface area contributed by atoms with Gasteiger partial charge in [-0.05, 0) is 50.8 Å². The predicted molar refractivity (Wildman–Crippen MR) is 75.2 cm³/mol. The number of hydrogen-bond donors (Lipinski definition) is 2. The Morgan fingerprint density at radius 1 is 1.47 bits per heavy atom. The van der Waals surface area contributed by atoms with E-state index in [1.165, 1.54) is 0 Å². The molecule has 0 saturated carbocycles. The van der Waals surface area contributed by atoms with Gasteiger partial charge in [-0.1, -0.05) is 6.07 Å². The number of amides is 1. The van der Waals surface area contributed by atoms with E-state index in [2.05, 4.69) is 0 Å². The zero-order valence-electron chi connectivity index (χ0n) is 11.6. The second-order valence-electron chi connectivity index (χ2n) is 5.42. The van der Waals surface area contributed by atoms with E-state index >= 15 is 0 Å². The molecule has 1 aromatic carbocycles. The van der Waals surface area contributed by atoms with E-state index in [4.69, 9.17) is 5.73 Å². The van der Waals surface area contributed by atoms with Crippen LogP contribution in [0.5, 0.6) is 5.75 Å². The summed E-state index contributed by atoms with van der Waals surface area (Å²) < 4.78 is 0. The van der Waals surface area contributed by atoms with Gasteiger partial charge >= 0.3 is 0 Å². The number of hydrogen-bond acceptors (Lipinski definition) is 3. The first kappa shape index (κ1) is 13.9. The normalized spacial score (nSPS) is 21.2. The first-order valence-electron chi connectivity index (χ1n) is 6.87. The Balaban J connectivity index is 2.23. The number of piperidine rings is 1. The van der Waals surface area contributed by atoms with Gasteiger partial charge in [-0.15, -0.1) is 0 Å². The summed E-state index contributed by atoms with van der Waals surface area (Å²) in [6.45, 7) is 4.51. The van der Waals surface area contributed by atoms with Crippen LogP contribution in [-0.4, -0.2) is 34.5 Å². The van der Waals surface area contributed by atoms with Gasteiger partial charge in [0.2, 0.25) is 0 Å². The van der Waals surface area contributed by atoms with E-state index in [0.29, 0.717) is 5.56 Å². The number of carbonyl (C=O) groups excluding carboxylic acids is 1. The summed E-state index contributed by atoms with van der Waals surface area (Å²) in [5.74, 6) is 0.137. The molecule has 1 aliphatic heterocycles. The number of phenolic OH excluding ortho intramolecular Hbond substituents is 1. The molecule has 1 amide bonds. The topological polar surface area (TPSA) is 66.6 Å². The minimum absolute atomic E-state index is 0.0247. The molecule has 1 aromatic rings. The smallest absolute Gasteiger partial charge is 0.254 e. The third-order valence-electron chi connectivity index (χ3n) is 3.87. The van der Waals surface area contributed by atoms with Crippen LogP contribution in [0.3, 0.4) is 0 Å². The molecule has 0 radical (unpaired) electrons. The summed E-state index contributed by atoms with van der Waals surface area (Å²) in [5, 5.41) is 9.73. The van der Waals surface area contributed by atoms with Crippen molar-refractivity contribution < 1.29 is 9.90 Å². The number of carbonyl (C=O) groups is 1. The van der Waals surface area contributed by atoms with E-state index in [9.17, 15) is 9.90 Å². The van der Waals surface area contributed by atoms with Gasteiger partial charge in [0, 0.05) is 24.2 Å². The Morgan fingerprint density at radius 3 is 2.84 bits per heavy atom. The maximum absolute atomic E-state index is 12.5. The minimum atomic E-state index is -0.0303. The molecule has 1 saturated heterocycles. The number of aryl methyl sites for hydroxylation is 1. The Kier molecular flexibility index (Phi) is 4.10. The van der Waals surface area contributed by atoms with Gasteiger partial charge in [0.1, 0.15) is 5.75 Å². The number of benzene rings is 1. The summed E-state index contributed by atoms with van der Waals surface area (Å²) >= 11 is 0. The van der Waals surface area contributed by atoms with Crippen LogP contribution < -0.4 is 5.73 Å². The zero-order chi connectivity index (χ0) is 14.0. The molecule has 0 aromatic heterocycles. The van der Waals surface area contributed by atoms with Crippen LogP contribution >= 0.6 is 0 Å². The molecular formula is C15H22N2O2. The summed E-state index contributed by atoms with van der Waals surface area (Å²) in [6, 6.07) is 5.16. The summed E-state index contributed by atoms with van der Waals surface area (Å²) in [6.07, 6.45) is 3.10. The molecule has 2 atom stereocenters. The number of nitrogens with zero attached hydrogens (tertiary/aromatic N) is 1. The summed E-state index contributed by atoms with van der Waals surface area (Å²) in [4.78, 5) is 14.4. The molecular weight excluding hydrogens is 240 g/mol. The Hall–Kier alpha value is -1.55. The predicted octanol–water partition coefficient (Wildman–Crippen LogP) is 2.04. The fourth-order valence-electron chi connectivity index (χ4n) is 2.66. The Labute approximate surface area is 114 Å². The Bertz CT molecular complexity index is 471. The molecule has 1 aliphatic rings. The van der Waals surface area contributed by atoms with E-state index in [0.717, 1.165) is 31.4 Å². The van der Waals surface area contributed by atoms with Gasteiger partial charge in [-0.25, -0.2) is 0 Å². The molecule has 4 nitrogen and oxygen atoms in total. The number of phenols is 1. The maximum atomic E-state index is 12.5. The Morgan fingerprint density at radius 2 is 2.21 bits per heavy atom. The average Bonchev–Trinajstić information content (AvgIpc) is 2.41. The van der Waals surface area contributed by atoms with Crippen molar-refractivity contribution in [3.8, 4) is 5.75 Å². The lowest BCUT2D eigenvalue weighted by atomic mass is 9.96. The highest BCUT2D eigenvalue weighted by Gasteiger charge is 2.29. The van der Waals surface area contributed by atoms with Crippen molar-refractivity contribution in [2.24, 2.45) is 5.73 Å². The number of nitrogens with two attached hydrogens (primary N) is 1. The molecule has 19 heavy (non-hydrogen) atoms. The van der Waals surface area contributed by atoms with Crippen molar-refractivity contribution in [2.75, 3.05) is 6.54 Å². The molecule has 2 rings (SSSR count). The van der Waals surface area contributed by atoms with Crippen molar-refractivity contribution in [1.29, 1.82) is 0 Å². The van der Waals surface area contributed by atoms with Crippen molar-refractivity contribution >= 4 is 5.91 Å². The standard InChI is InChI=1S/C15H22N2O2/c1-10-6-7-12(9-14(10)18)15(19)17-8-4-3-5-13(17)11(2)16/h6-7,9,11,13,18H,3-5,8,16H2,1-2H3. The van der Waals surface area contributed by atoms with Gasteiger partial charge in [0.05, 0.1) is 0 Å². The fourth-order valence-corrected chi connectivity index (χ4v) is 2.66. The molecule has 3 N–H and O–H groups in total. The first-order valence-corrected chi connectivity index (χ1v) is 6.87. The minimum Gasteiger partial charge on any atom is -0.508 e. The number of aromatic hydroxyl groups is 1. The SMILES string of the molecule is Cc1ccc(C(=O)N2CCCCC2C(C)N)cc1O. The fraction of sp³-hybridized carbons (Fsp3) is 0.533. The second kappa shape index (κ2) is 5.61. The number of rotatable bonds is 2. The van der Waals surface area contributed by atoms with Crippen LogP contribution in [0.2, 0.25) is 0 Å². The largest absolute Gasteiger partial charge is 0.508 e. The van der Waals surface area contributed by atoms with Crippen LogP contribution in [0.1, 0.15) is 42.1 Å². The zero-order valence-corrected chi connectivity index (χ0v) is 11.6. The van der Waals surface area contributed by atoms with Crippen LogP contribution in [0, 0.1) is 6.92 Å². The first-order chi connectivity index (χ1) is 9.00. The third kappa shape index (κ3) is 2.89. The molecule has 104 valence electrons. The molecule has 4 heteroatoms. The summed E-state index contributed by atoms with van der Waals surface area (Å²) in [7, 11) is 0. The van der Waals surface area contributed by atoms with Crippen molar-refractivity contribution in [3.05, 3.63) is 29.3 Å². The van der Waals surface area contributed by atoms with Gasteiger partial charge in [0.25, 0.3) is 5.91 Å². The summed E-state index contributed by atoms with van der Waals surface area (Å²) in [5.41, 5.74) is 7.30. The second-order valence-corrected chi connectivity index (χ2v) is 5.42. The van der Waals surface area contributed by atoms with Crippen LogP contribution in [-0.2, 0) is 0 Å². The lowest BCUT2D eigenvalue weighted by Gasteiger charge is -2.38. The van der Waals surface area contributed by atoms with Crippen LogP contribution in [0.15, 0.2) is 18.2 Å². The van der Waals surface area contributed by atoms with Gasteiger partial charge in [0.15, 0.2) is 0 Å². The number of likely N-dealkylation sites (tertiary alicyclic amines) is 1. The van der Waals surface area contributed by atoms with Gasteiger partial charge < -0.3 is 15.7 Å². The van der Waals surface area contributed by atoms with E-state index < -0.39 is 0 Å². The molecule has 1 fully saturated rings. The average molecular weight is 262 g/mol. The molecule has 0 bridgehead atoms. The van der Waals surface area contributed by atoms with Gasteiger partial charge in [-0.3, -0.25) is 4.79 Å². The van der Waals surface area contributed by atoms with Crippen molar-refractivity contribution in [1.82, 2.24) is 4.90 Å². The van der Waals surface area contributed by atoms with Gasteiger partial charge in [-0.2, -0.15) is 0 Å². The van der Waals surface area contributed by atoms with E-state index in [-0.39, 0.29) is 23.7 Å². The lowest BCUT2D eigenvalue weighted by molar-refractivity contribution is 0.0583. The van der Waals surface area contributed by atoms with Crippen molar-refractivity contribution in [2.45, 2.75) is 45.2 Å². The molecule has 0 aliphatic carbocycles. The monoisotopic (exact) mass is 262 g/mol. The van der Waals surface area contributed by atoms with Crippen molar-refractivity contribution in [3.63, 3.8) is 0 Å². The van der Waals surface area contributed by atoms with Crippen LogP contribution in [0.4, 0.5) is 0 Å². The highest BCUT2D eigenvalue weighted by molar-refractivity contribution is 5.95. The highest BCUT2D eigenvalue weighted by Crippen LogP contribution is 2.24. The van der Waals surface area contributed by atoms with E-state index in [1.54, 1.807) is 18.2 Å².